The Hall–Kier alpha value is -2.27. The number of carbonyl (C=O) groups excluding carboxylic acids is 1. The van der Waals surface area contributed by atoms with Gasteiger partial charge in [0.2, 0.25) is 15.9 Å². The molecule has 3 rings (SSSR count). The van der Waals surface area contributed by atoms with Gasteiger partial charge >= 0.3 is 0 Å². The zero-order valence-electron chi connectivity index (χ0n) is 18.6. The Balaban J connectivity index is 1.77. The molecule has 1 aliphatic rings. The molecule has 0 radical (unpaired) electrons. The smallest absolute Gasteiger partial charge is 0.244 e. The molecule has 2 atom stereocenters. The maximum Gasteiger partial charge on any atom is 0.244 e. The molecular formula is C22H29N3O5S2. The first-order valence-electron chi connectivity index (χ1n) is 10.3. The van der Waals surface area contributed by atoms with Crippen LogP contribution in [0.4, 0.5) is 5.69 Å². The van der Waals surface area contributed by atoms with Gasteiger partial charge < -0.3 is 5.32 Å². The second-order valence-electron chi connectivity index (χ2n) is 8.31. The Morgan fingerprint density at radius 3 is 2.03 bits per heavy atom. The summed E-state index contributed by atoms with van der Waals surface area (Å²) in [5, 5.41) is 2.90. The van der Waals surface area contributed by atoms with Gasteiger partial charge in [-0.25, -0.2) is 16.8 Å². The van der Waals surface area contributed by atoms with E-state index in [1.807, 2.05) is 36.1 Å². The van der Waals surface area contributed by atoms with Crippen LogP contribution in [0.5, 0.6) is 0 Å². The number of hydrogen-bond acceptors (Lipinski definition) is 6. The molecule has 1 aliphatic heterocycles. The molecule has 32 heavy (non-hydrogen) atoms. The molecule has 0 aromatic heterocycles. The third kappa shape index (κ3) is 5.20. The maximum atomic E-state index is 13.4. The number of carbonyl (C=O) groups is 1. The molecular weight excluding hydrogens is 450 g/mol. The van der Waals surface area contributed by atoms with E-state index in [0.29, 0.717) is 13.1 Å². The fourth-order valence-electron chi connectivity index (χ4n) is 4.21. The maximum absolute atomic E-state index is 13.4. The summed E-state index contributed by atoms with van der Waals surface area (Å²) in [6, 6.07) is 12.3. The summed E-state index contributed by atoms with van der Waals surface area (Å²) in [7, 11) is -7.77. The van der Waals surface area contributed by atoms with E-state index in [4.69, 9.17) is 0 Å². The number of amides is 1. The van der Waals surface area contributed by atoms with Crippen molar-refractivity contribution in [1.82, 2.24) is 9.21 Å². The van der Waals surface area contributed by atoms with Crippen LogP contribution in [-0.2, 0) is 24.7 Å². The van der Waals surface area contributed by atoms with Gasteiger partial charge in [0, 0.05) is 37.1 Å². The topological polar surface area (TPSA) is 104 Å². The predicted octanol–water partition coefficient (Wildman–Crippen LogP) is 2.12. The van der Waals surface area contributed by atoms with Gasteiger partial charge in [0.05, 0.1) is 11.4 Å². The summed E-state index contributed by atoms with van der Waals surface area (Å²) >= 11 is 0. The van der Waals surface area contributed by atoms with E-state index in [1.54, 1.807) is 13.8 Å². The van der Waals surface area contributed by atoms with E-state index < -0.39 is 31.9 Å². The van der Waals surface area contributed by atoms with Crippen molar-refractivity contribution < 1.29 is 21.6 Å². The fourth-order valence-corrected chi connectivity index (χ4v) is 7.62. The van der Waals surface area contributed by atoms with E-state index in [2.05, 4.69) is 5.32 Å². The van der Waals surface area contributed by atoms with Crippen molar-refractivity contribution in [2.45, 2.75) is 42.6 Å². The molecule has 1 heterocycles. The molecule has 2 aromatic rings. The van der Waals surface area contributed by atoms with Crippen LogP contribution in [0.3, 0.4) is 0 Å². The van der Waals surface area contributed by atoms with Gasteiger partial charge in [0.25, 0.3) is 0 Å². The van der Waals surface area contributed by atoms with E-state index in [1.165, 1.54) is 28.6 Å². The molecule has 0 unspecified atom stereocenters. The first-order chi connectivity index (χ1) is 14.9. The largest absolute Gasteiger partial charge is 0.325 e. The predicted molar refractivity (Wildman–Crippen MR) is 124 cm³/mol. The van der Waals surface area contributed by atoms with Crippen LogP contribution in [0.1, 0.15) is 19.4 Å². The molecule has 1 amide bonds. The summed E-state index contributed by atoms with van der Waals surface area (Å²) in [5.41, 5.74) is 1.71. The van der Waals surface area contributed by atoms with Gasteiger partial charge in [-0.05, 0) is 44.5 Å². The van der Waals surface area contributed by atoms with Gasteiger partial charge in [-0.3, -0.25) is 9.69 Å². The zero-order valence-corrected chi connectivity index (χ0v) is 20.3. The highest BCUT2D eigenvalue weighted by molar-refractivity contribution is 7.93. The molecule has 1 N–H and O–H groups in total. The lowest BCUT2D eigenvalue weighted by Gasteiger charge is -2.43. The Kier molecular flexibility index (Phi) is 7.09. The van der Waals surface area contributed by atoms with Crippen molar-refractivity contribution in [2.75, 3.05) is 31.2 Å². The number of nitrogens with one attached hydrogen (secondary N) is 1. The molecule has 2 aromatic carbocycles. The van der Waals surface area contributed by atoms with E-state index in [9.17, 15) is 21.6 Å². The standard InChI is InChI=1S/C22H29N3O5S2/c1-16-9-5-6-10-19(16)23-22(26)15-24-13-17(2)25(18(3)14-24)32(29,30)21-12-8-7-11-20(21)31(4,27)28/h5-12,17-18H,13-15H2,1-4H3,(H,23,26)/t17-,18+. The Bertz CT molecular complexity index is 1200. The van der Waals surface area contributed by atoms with Gasteiger partial charge in [-0.2, -0.15) is 4.31 Å². The average molecular weight is 480 g/mol. The van der Waals surface area contributed by atoms with E-state index in [0.717, 1.165) is 17.5 Å². The van der Waals surface area contributed by atoms with Crippen molar-refractivity contribution in [3.63, 3.8) is 0 Å². The van der Waals surface area contributed by atoms with Crippen molar-refractivity contribution in [2.24, 2.45) is 0 Å². The van der Waals surface area contributed by atoms with E-state index >= 15 is 0 Å². The minimum atomic E-state index is -4.05. The molecule has 0 spiro atoms. The SMILES string of the molecule is Cc1ccccc1NC(=O)CN1C[C@@H](C)N(S(=O)(=O)c2ccccc2S(C)(=O)=O)[C@@H](C)C1. The average Bonchev–Trinajstić information content (AvgIpc) is 2.68. The molecule has 0 bridgehead atoms. The lowest BCUT2D eigenvalue weighted by atomic mass is 10.1. The molecule has 0 saturated carbocycles. The monoisotopic (exact) mass is 479 g/mol. The van der Waals surface area contributed by atoms with Crippen LogP contribution in [-0.4, -0.2) is 69.9 Å². The molecule has 8 nitrogen and oxygen atoms in total. The summed E-state index contributed by atoms with van der Waals surface area (Å²) in [4.78, 5) is 14.0. The third-order valence-electron chi connectivity index (χ3n) is 5.50. The first-order valence-corrected chi connectivity index (χ1v) is 13.6. The summed E-state index contributed by atoms with van der Waals surface area (Å²) in [6.07, 6.45) is 0.999. The molecule has 0 aliphatic carbocycles. The molecule has 174 valence electrons. The van der Waals surface area contributed by atoms with Crippen LogP contribution < -0.4 is 5.32 Å². The normalized spacial score (nSPS) is 20.8. The highest BCUT2D eigenvalue weighted by Crippen LogP contribution is 2.29. The van der Waals surface area contributed by atoms with Crippen LogP contribution in [0.25, 0.3) is 0 Å². The summed E-state index contributed by atoms with van der Waals surface area (Å²) < 4.78 is 52.6. The zero-order chi connectivity index (χ0) is 23.7. The van der Waals surface area contributed by atoms with Crippen molar-refractivity contribution in [3.8, 4) is 0 Å². The van der Waals surface area contributed by atoms with Crippen molar-refractivity contribution >= 4 is 31.5 Å². The third-order valence-corrected chi connectivity index (χ3v) is 8.97. The highest BCUT2D eigenvalue weighted by Gasteiger charge is 2.40. The fraction of sp³-hybridized carbons (Fsp3) is 0.409. The molecule has 1 saturated heterocycles. The van der Waals surface area contributed by atoms with Crippen LogP contribution in [0, 0.1) is 6.92 Å². The second kappa shape index (κ2) is 9.30. The molecule has 10 heteroatoms. The lowest BCUT2D eigenvalue weighted by Crippen LogP contribution is -2.59. The number of hydrogen-bond donors (Lipinski definition) is 1. The van der Waals surface area contributed by atoms with Gasteiger partial charge in [0.1, 0.15) is 4.90 Å². The lowest BCUT2D eigenvalue weighted by molar-refractivity contribution is -0.118. The number of rotatable bonds is 6. The Morgan fingerprint density at radius 2 is 1.47 bits per heavy atom. The van der Waals surface area contributed by atoms with Crippen LogP contribution in [0.2, 0.25) is 0 Å². The van der Waals surface area contributed by atoms with Crippen LogP contribution >= 0.6 is 0 Å². The first kappa shape index (κ1) is 24.4. The number of nitrogens with zero attached hydrogens (tertiary/aromatic N) is 2. The number of aryl methyl sites for hydroxylation is 1. The quantitative estimate of drug-likeness (QED) is 0.681. The Labute approximate surface area is 190 Å². The number of sulfonamides is 1. The van der Waals surface area contributed by atoms with Gasteiger partial charge in [-0.1, -0.05) is 30.3 Å². The number of sulfone groups is 1. The van der Waals surface area contributed by atoms with Crippen molar-refractivity contribution in [3.05, 3.63) is 54.1 Å². The number of anilines is 1. The van der Waals surface area contributed by atoms with Gasteiger partial charge in [0.15, 0.2) is 9.84 Å². The van der Waals surface area contributed by atoms with E-state index in [-0.39, 0.29) is 22.2 Å². The van der Waals surface area contributed by atoms with Crippen LogP contribution in [0.15, 0.2) is 58.3 Å². The number of piperazine rings is 1. The minimum Gasteiger partial charge on any atom is -0.325 e. The molecule has 1 fully saturated rings. The second-order valence-corrected chi connectivity index (χ2v) is 12.1. The summed E-state index contributed by atoms with van der Waals surface area (Å²) in [5.74, 6) is -0.169. The highest BCUT2D eigenvalue weighted by atomic mass is 32.2. The Morgan fingerprint density at radius 1 is 0.938 bits per heavy atom. The number of benzene rings is 2. The number of para-hydroxylation sites is 1. The minimum absolute atomic E-state index is 0.136. The summed E-state index contributed by atoms with van der Waals surface area (Å²) in [6.45, 7) is 6.29. The van der Waals surface area contributed by atoms with Crippen molar-refractivity contribution in [1.29, 1.82) is 0 Å². The van der Waals surface area contributed by atoms with Gasteiger partial charge in [-0.15, -0.1) is 0 Å².